The second-order valence-electron chi connectivity index (χ2n) is 4.29. The van der Waals surface area contributed by atoms with Crippen LogP contribution in [0.25, 0.3) is 21.9 Å². The van der Waals surface area contributed by atoms with Gasteiger partial charge in [0.1, 0.15) is 5.69 Å². The molecule has 2 aromatic carbocycles. The Labute approximate surface area is 110 Å². The summed E-state index contributed by atoms with van der Waals surface area (Å²) in [5.41, 5.74) is 7.44. The van der Waals surface area contributed by atoms with E-state index in [0.717, 1.165) is 21.9 Å². The summed E-state index contributed by atoms with van der Waals surface area (Å²) in [5.74, 6) is -0.511. The lowest BCUT2D eigenvalue weighted by Gasteiger charge is -2.09. The molecule has 0 aliphatic heterocycles. The van der Waals surface area contributed by atoms with E-state index in [4.69, 9.17) is 5.73 Å². The highest BCUT2D eigenvalue weighted by Gasteiger charge is 2.12. The van der Waals surface area contributed by atoms with Crippen molar-refractivity contribution in [3.05, 3.63) is 66.5 Å². The molecule has 3 aromatic rings. The molecule has 0 fully saturated rings. The maximum atomic E-state index is 11.5. The number of nitrogens with two attached hydrogens (primary N) is 1. The number of hydrogen-bond acceptors (Lipinski definition) is 2. The highest BCUT2D eigenvalue weighted by atomic mass is 16.1. The second kappa shape index (κ2) is 4.53. The Morgan fingerprint density at radius 3 is 2.47 bits per heavy atom. The van der Waals surface area contributed by atoms with Crippen LogP contribution in [0.5, 0.6) is 0 Å². The first kappa shape index (κ1) is 11.4. The van der Waals surface area contributed by atoms with Crippen LogP contribution < -0.4 is 5.73 Å². The number of benzene rings is 2. The maximum absolute atomic E-state index is 11.5. The summed E-state index contributed by atoms with van der Waals surface area (Å²) in [6.07, 6.45) is 1.58. The fraction of sp³-hybridized carbons (Fsp3) is 0. The monoisotopic (exact) mass is 248 g/mol. The van der Waals surface area contributed by atoms with Gasteiger partial charge in [0, 0.05) is 11.8 Å². The number of fused-ring (bicyclic) bond motifs is 1. The zero-order valence-electron chi connectivity index (χ0n) is 10.2. The van der Waals surface area contributed by atoms with Gasteiger partial charge in [0.25, 0.3) is 5.91 Å². The smallest absolute Gasteiger partial charge is 0.267 e. The number of carbonyl (C=O) groups is 1. The van der Waals surface area contributed by atoms with Gasteiger partial charge in [0.2, 0.25) is 0 Å². The predicted octanol–water partition coefficient (Wildman–Crippen LogP) is 3.00. The van der Waals surface area contributed by atoms with Gasteiger partial charge < -0.3 is 5.73 Å². The van der Waals surface area contributed by atoms with Crippen LogP contribution in [0.4, 0.5) is 0 Å². The molecular formula is C16H12N2O. The summed E-state index contributed by atoms with van der Waals surface area (Å²) in [7, 11) is 0. The first-order valence-electron chi connectivity index (χ1n) is 6.00. The number of primary amides is 1. The molecule has 0 radical (unpaired) electrons. The average molecular weight is 248 g/mol. The third kappa shape index (κ3) is 1.95. The summed E-state index contributed by atoms with van der Waals surface area (Å²) >= 11 is 0. The number of hydrogen-bond donors (Lipinski definition) is 1. The van der Waals surface area contributed by atoms with E-state index in [-0.39, 0.29) is 0 Å². The van der Waals surface area contributed by atoms with Crippen molar-refractivity contribution in [2.75, 3.05) is 0 Å². The van der Waals surface area contributed by atoms with Crippen LogP contribution in [0.1, 0.15) is 10.5 Å². The van der Waals surface area contributed by atoms with Gasteiger partial charge in [-0.3, -0.25) is 9.78 Å². The SMILES string of the molecule is NC(=O)c1ncccc1-c1cccc2ccccc12. The summed E-state index contributed by atoms with van der Waals surface area (Å²) in [6, 6.07) is 17.7. The molecule has 2 N–H and O–H groups in total. The van der Waals surface area contributed by atoms with Crippen molar-refractivity contribution < 1.29 is 4.79 Å². The van der Waals surface area contributed by atoms with Gasteiger partial charge in [-0.15, -0.1) is 0 Å². The number of pyridine rings is 1. The normalized spacial score (nSPS) is 10.5. The van der Waals surface area contributed by atoms with E-state index in [9.17, 15) is 4.79 Å². The highest BCUT2D eigenvalue weighted by Crippen LogP contribution is 2.29. The van der Waals surface area contributed by atoms with E-state index in [2.05, 4.69) is 4.98 Å². The van der Waals surface area contributed by atoms with E-state index in [1.165, 1.54) is 0 Å². The van der Waals surface area contributed by atoms with Gasteiger partial charge in [-0.05, 0) is 22.4 Å². The molecule has 3 heteroatoms. The zero-order valence-corrected chi connectivity index (χ0v) is 10.2. The molecule has 1 amide bonds. The molecule has 3 nitrogen and oxygen atoms in total. The maximum Gasteiger partial charge on any atom is 0.267 e. The molecular weight excluding hydrogens is 236 g/mol. The Morgan fingerprint density at radius 1 is 0.895 bits per heavy atom. The van der Waals surface area contributed by atoms with Gasteiger partial charge in [0.15, 0.2) is 0 Å². The van der Waals surface area contributed by atoms with Crippen molar-refractivity contribution in [2.45, 2.75) is 0 Å². The van der Waals surface area contributed by atoms with Crippen LogP contribution >= 0.6 is 0 Å². The molecule has 0 spiro atoms. The van der Waals surface area contributed by atoms with Crippen molar-refractivity contribution in [1.29, 1.82) is 0 Å². The molecule has 0 saturated carbocycles. The third-order valence-electron chi connectivity index (χ3n) is 3.12. The Kier molecular flexibility index (Phi) is 2.72. The van der Waals surface area contributed by atoms with Crippen LogP contribution in [-0.2, 0) is 0 Å². The number of amides is 1. The molecule has 19 heavy (non-hydrogen) atoms. The minimum atomic E-state index is -0.511. The van der Waals surface area contributed by atoms with Crippen molar-refractivity contribution in [2.24, 2.45) is 5.73 Å². The molecule has 1 aromatic heterocycles. The number of carbonyl (C=O) groups excluding carboxylic acids is 1. The molecule has 0 aliphatic carbocycles. The molecule has 1 heterocycles. The highest BCUT2D eigenvalue weighted by molar-refractivity contribution is 6.04. The lowest BCUT2D eigenvalue weighted by atomic mass is 9.97. The third-order valence-corrected chi connectivity index (χ3v) is 3.12. The summed E-state index contributed by atoms with van der Waals surface area (Å²) in [4.78, 5) is 15.6. The summed E-state index contributed by atoms with van der Waals surface area (Å²) < 4.78 is 0. The van der Waals surface area contributed by atoms with Crippen LogP contribution in [-0.4, -0.2) is 10.9 Å². The molecule has 0 atom stereocenters. The first-order valence-corrected chi connectivity index (χ1v) is 6.00. The Hall–Kier alpha value is -2.68. The first-order chi connectivity index (χ1) is 9.27. The van der Waals surface area contributed by atoms with E-state index in [0.29, 0.717) is 5.69 Å². The van der Waals surface area contributed by atoms with Crippen LogP contribution in [0.2, 0.25) is 0 Å². The zero-order chi connectivity index (χ0) is 13.2. The molecule has 0 aliphatic rings. The summed E-state index contributed by atoms with van der Waals surface area (Å²) in [5, 5.41) is 2.21. The van der Waals surface area contributed by atoms with E-state index >= 15 is 0 Å². The van der Waals surface area contributed by atoms with Gasteiger partial charge in [-0.1, -0.05) is 48.5 Å². The summed E-state index contributed by atoms with van der Waals surface area (Å²) in [6.45, 7) is 0. The lowest BCUT2D eigenvalue weighted by Crippen LogP contribution is -2.14. The quantitative estimate of drug-likeness (QED) is 0.758. The molecule has 92 valence electrons. The Bertz CT molecular complexity index is 760. The molecule has 0 bridgehead atoms. The molecule has 0 unspecified atom stereocenters. The van der Waals surface area contributed by atoms with Crippen LogP contribution in [0, 0.1) is 0 Å². The standard InChI is InChI=1S/C16H12N2O/c17-16(19)15-14(9-4-10-18-15)13-8-3-6-11-5-1-2-7-12(11)13/h1-10H,(H2,17,19). The topological polar surface area (TPSA) is 56.0 Å². The Balaban J connectivity index is 2.34. The van der Waals surface area contributed by atoms with Crippen molar-refractivity contribution in [3.63, 3.8) is 0 Å². The molecule has 0 saturated heterocycles. The van der Waals surface area contributed by atoms with Gasteiger partial charge in [0.05, 0.1) is 0 Å². The molecule has 3 rings (SSSR count). The Morgan fingerprint density at radius 2 is 1.63 bits per heavy atom. The predicted molar refractivity (Wildman–Crippen MR) is 75.7 cm³/mol. The second-order valence-corrected chi connectivity index (χ2v) is 4.29. The number of aromatic nitrogens is 1. The fourth-order valence-corrected chi connectivity index (χ4v) is 2.28. The van der Waals surface area contributed by atoms with Crippen LogP contribution in [0.3, 0.4) is 0 Å². The van der Waals surface area contributed by atoms with Crippen molar-refractivity contribution in [1.82, 2.24) is 4.98 Å². The minimum absolute atomic E-state index is 0.304. The minimum Gasteiger partial charge on any atom is -0.364 e. The largest absolute Gasteiger partial charge is 0.364 e. The lowest BCUT2D eigenvalue weighted by molar-refractivity contribution is 0.0996. The van der Waals surface area contributed by atoms with Crippen molar-refractivity contribution in [3.8, 4) is 11.1 Å². The number of nitrogens with zero attached hydrogens (tertiary/aromatic N) is 1. The van der Waals surface area contributed by atoms with E-state index in [1.807, 2.05) is 54.6 Å². The van der Waals surface area contributed by atoms with Gasteiger partial charge in [-0.25, -0.2) is 0 Å². The van der Waals surface area contributed by atoms with Crippen LogP contribution in [0.15, 0.2) is 60.8 Å². The van der Waals surface area contributed by atoms with E-state index < -0.39 is 5.91 Å². The van der Waals surface area contributed by atoms with Gasteiger partial charge >= 0.3 is 0 Å². The average Bonchev–Trinajstić information content (AvgIpc) is 2.46. The van der Waals surface area contributed by atoms with E-state index in [1.54, 1.807) is 6.20 Å². The van der Waals surface area contributed by atoms with Gasteiger partial charge in [-0.2, -0.15) is 0 Å². The fourth-order valence-electron chi connectivity index (χ4n) is 2.28. The number of rotatable bonds is 2. The van der Waals surface area contributed by atoms with Crippen molar-refractivity contribution >= 4 is 16.7 Å².